The lowest BCUT2D eigenvalue weighted by Gasteiger charge is -2.16. The van der Waals surface area contributed by atoms with E-state index >= 15 is 0 Å². The zero-order valence-corrected chi connectivity index (χ0v) is 11.9. The summed E-state index contributed by atoms with van der Waals surface area (Å²) in [4.78, 5) is 12.5. The average Bonchev–Trinajstić information content (AvgIpc) is 2.86. The van der Waals surface area contributed by atoms with Crippen LogP contribution in [0.4, 0.5) is 0 Å². The highest BCUT2D eigenvalue weighted by Crippen LogP contribution is 2.27. The van der Waals surface area contributed by atoms with Crippen LogP contribution < -0.4 is 5.56 Å². The van der Waals surface area contributed by atoms with Crippen LogP contribution in [0.3, 0.4) is 0 Å². The van der Waals surface area contributed by atoms with Gasteiger partial charge >= 0.3 is 5.56 Å². The number of aromatic amines is 1. The molecule has 1 N–H and O–H groups in total. The van der Waals surface area contributed by atoms with Crippen LogP contribution in [-0.4, -0.2) is 20.0 Å². The second-order valence-corrected chi connectivity index (χ2v) is 5.64. The first-order valence-electron chi connectivity index (χ1n) is 7.30. The van der Waals surface area contributed by atoms with Crippen molar-refractivity contribution in [1.29, 1.82) is 0 Å². The van der Waals surface area contributed by atoms with Crippen LogP contribution >= 0.6 is 0 Å². The Hall–Kier alpha value is -2.43. The van der Waals surface area contributed by atoms with Crippen LogP contribution in [0.1, 0.15) is 29.7 Å². The van der Waals surface area contributed by atoms with E-state index in [2.05, 4.69) is 15.3 Å². The van der Waals surface area contributed by atoms with Gasteiger partial charge in [-0.15, -0.1) is 0 Å². The maximum atomic E-state index is 12.5. The molecule has 0 unspecified atom stereocenters. The summed E-state index contributed by atoms with van der Waals surface area (Å²) in [5, 5.41) is 11.8. The van der Waals surface area contributed by atoms with Gasteiger partial charge in [0.05, 0.1) is 5.69 Å². The Morgan fingerprint density at radius 2 is 1.86 bits per heavy atom. The molecular weight excluding hydrogens is 264 g/mol. The SMILES string of the molecule is Cc1ccc(-n2nc3c4c([nH]nc-3c2=O)CCCC4)cc1. The van der Waals surface area contributed by atoms with E-state index in [9.17, 15) is 4.79 Å². The van der Waals surface area contributed by atoms with E-state index in [1.165, 1.54) is 11.1 Å². The van der Waals surface area contributed by atoms with E-state index < -0.39 is 0 Å². The number of hydrogen-bond acceptors (Lipinski definition) is 3. The van der Waals surface area contributed by atoms with Gasteiger partial charge in [0.1, 0.15) is 5.69 Å². The molecule has 2 aliphatic heterocycles. The topological polar surface area (TPSA) is 63.6 Å². The number of nitrogens with one attached hydrogen (secondary N) is 1. The molecule has 1 aliphatic carbocycles. The number of H-pyrrole nitrogens is 1. The monoisotopic (exact) mass is 280 g/mol. The van der Waals surface area contributed by atoms with Gasteiger partial charge in [-0.3, -0.25) is 9.89 Å². The van der Waals surface area contributed by atoms with Crippen LogP contribution in [0.25, 0.3) is 17.1 Å². The highest BCUT2D eigenvalue weighted by Gasteiger charge is 2.25. The Labute approximate surface area is 122 Å². The molecule has 5 heteroatoms. The number of aryl methyl sites for hydroxylation is 2. The minimum absolute atomic E-state index is 0.154. The summed E-state index contributed by atoms with van der Waals surface area (Å²) in [7, 11) is 0. The van der Waals surface area contributed by atoms with Gasteiger partial charge < -0.3 is 0 Å². The molecule has 3 aliphatic rings. The van der Waals surface area contributed by atoms with E-state index in [0.29, 0.717) is 5.69 Å². The summed E-state index contributed by atoms with van der Waals surface area (Å²) in [6.45, 7) is 2.02. The molecule has 0 amide bonds. The van der Waals surface area contributed by atoms with E-state index in [4.69, 9.17) is 0 Å². The largest absolute Gasteiger partial charge is 0.301 e. The number of aromatic nitrogens is 4. The minimum Gasteiger partial charge on any atom is -0.281 e. The maximum absolute atomic E-state index is 12.5. The average molecular weight is 280 g/mol. The molecule has 0 spiro atoms. The zero-order valence-electron chi connectivity index (χ0n) is 11.9. The molecule has 0 atom stereocenters. The molecule has 0 fully saturated rings. The third kappa shape index (κ3) is 1.88. The summed E-state index contributed by atoms with van der Waals surface area (Å²) in [6.07, 6.45) is 4.27. The molecule has 0 saturated carbocycles. The second-order valence-electron chi connectivity index (χ2n) is 5.64. The zero-order chi connectivity index (χ0) is 14.4. The van der Waals surface area contributed by atoms with E-state index in [1.54, 1.807) is 0 Å². The Bertz CT molecular complexity index is 829. The summed E-state index contributed by atoms with van der Waals surface area (Å²) in [5.74, 6) is 0. The molecule has 5 nitrogen and oxygen atoms in total. The lowest BCUT2D eigenvalue weighted by atomic mass is 9.94. The van der Waals surface area contributed by atoms with Gasteiger partial charge in [0, 0.05) is 11.3 Å². The van der Waals surface area contributed by atoms with E-state index in [-0.39, 0.29) is 5.56 Å². The fourth-order valence-corrected chi connectivity index (χ4v) is 2.97. The molecule has 0 bridgehead atoms. The quantitative estimate of drug-likeness (QED) is 0.743. The first-order chi connectivity index (χ1) is 10.2. The van der Waals surface area contributed by atoms with Crippen molar-refractivity contribution in [2.45, 2.75) is 32.6 Å². The molecule has 1 aromatic carbocycles. The normalized spacial score (nSPS) is 14.3. The van der Waals surface area contributed by atoms with Gasteiger partial charge in [-0.1, -0.05) is 17.7 Å². The molecular formula is C16H16N4O. The van der Waals surface area contributed by atoms with Crippen molar-refractivity contribution in [2.75, 3.05) is 0 Å². The molecule has 0 saturated heterocycles. The van der Waals surface area contributed by atoms with Crippen molar-refractivity contribution in [1.82, 2.24) is 20.0 Å². The van der Waals surface area contributed by atoms with Gasteiger partial charge in [0.15, 0.2) is 5.69 Å². The Balaban J connectivity index is 1.95. The second kappa shape index (κ2) is 4.55. The fourth-order valence-electron chi connectivity index (χ4n) is 2.97. The predicted molar refractivity (Wildman–Crippen MR) is 80.0 cm³/mol. The number of nitrogens with zero attached hydrogens (tertiary/aromatic N) is 3. The van der Waals surface area contributed by atoms with E-state index in [1.807, 2.05) is 31.2 Å². The smallest absolute Gasteiger partial charge is 0.281 e. The molecule has 106 valence electrons. The van der Waals surface area contributed by atoms with Gasteiger partial charge in [0.25, 0.3) is 0 Å². The fraction of sp³-hybridized carbons (Fsp3) is 0.312. The Kier molecular flexibility index (Phi) is 2.67. The van der Waals surface area contributed by atoms with Crippen LogP contribution in [0, 0.1) is 6.92 Å². The number of hydrogen-bond donors (Lipinski definition) is 1. The van der Waals surface area contributed by atoms with Gasteiger partial charge in [-0.05, 0) is 44.7 Å². The minimum atomic E-state index is -0.154. The van der Waals surface area contributed by atoms with Crippen molar-refractivity contribution in [2.24, 2.45) is 0 Å². The standard InChI is InChI=1S/C16H16N4O/c1-10-6-8-11(9-7-10)20-16(21)15-14(19-20)12-4-2-3-5-13(12)17-18-15/h6-9,17H,2-5H2,1H3. The molecule has 21 heavy (non-hydrogen) atoms. The summed E-state index contributed by atoms with van der Waals surface area (Å²) in [5.41, 5.74) is 5.28. The van der Waals surface area contributed by atoms with Gasteiger partial charge in [-0.25, -0.2) is 0 Å². The molecule has 2 heterocycles. The maximum Gasteiger partial charge on any atom is 0.301 e. The Morgan fingerprint density at radius 3 is 2.67 bits per heavy atom. The first kappa shape index (κ1) is 12.3. The third-order valence-corrected chi connectivity index (χ3v) is 4.15. The van der Waals surface area contributed by atoms with Crippen LogP contribution in [0.2, 0.25) is 0 Å². The van der Waals surface area contributed by atoms with Crippen LogP contribution in [-0.2, 0) is 12.8 Å². The first-order valence-corrected chi connectivity index (χ1v) is 7.30. The number of fused-ring (bicyclic) bond motifs is 3. The lowest BCUT2D eigenvalue weighted by molar-refractivity contribution is 0.653. The molecule has 0 aromatic heterocycles. The summed E-state index contributed by atoms with van der Waals surface area (Å²) >= 11 is 0. The lowest BCUT2D eigenvalue weighted by Crippen LogP contribution is -2.16. The highest BCUT2D eigenvalue weighted by atomic mass is 16.1. The van der Waals surface area contributed by atoms with Crippen molar-refractivity contribution < 1.29 is 0 Å². The molecule has 0 radical (unpaired) electrons. The van der Waals surface area contributed by atoms with Crippen LogP contribution in [0.5, 0.6) is 0 Å². The number of rotatable bonds is 1. The van der Waals surface area contributed by atoms with E-state index in [0.717, 1.165) is 47.5 Å². The van der Waals surface area contributed by atoms with Crippen molar-refractivity contribution in [3.63, 3.8) is 0 Å². The Morgan fingerprint density at radius 1 is 1.10 bits per heavy atom. The highest BCUT2D eigenvalue weighted by molar-refractivity contribution is 5.61. The number of benzene rings is 1. The third-order valence-electron chi connectivity index (χ3n) is 4.15. The van der Waals surface area contributed by atoms with Gasteiger partial charge in [0.2, 0.25) is 0 Å². The molecule has 4 rings (SSSR count). The van der Waals surface area contributed by atoms with Crippen molar-refractivity contribution in [3.8, 4) is 17.1 Å². The van der Waals surface area contributed by atoms with Gasteiger partial charge in [-0.2, -0.15) is 14.9 Å². The molecule has 1 aromatic rings. The van der Waals surface area contributed by atoms with Crippen LogP contribution in [0.15, 0.2) is 29.1 Å². The van der Waals surface area contributed by atoms with Crippen molar-refractivity contribution in [3.05, 3.63) is 51.4 Å². The predicted octanol–water partition coefficient (Wildman–Crippen LogP) is 2.25. The summed E-state index contributed by atoms with van der Waals surface area (Å²) in [6, 6.07) is 7.80. The van der Waals surface area contributed by atoms with Crippen molar-refractivity contribution >= 4 is 0 Å². The summed E-state index contributed by atoms with van der Waals surface area (Å²) < 4.78 is 1.46.